The van der Waals surface area contributed by atoms with E-state index in [0.29, 0.717) is 16.8 Å². The lowest BCUT2D eigenvalue weighted by Crippen LogP contribution is -2.02. The van der Waals surface area contributed by atoms with Crippen molar-refractivity contribution in [2.24, 2.45) is 0 Å². The Bertz CT molecular complexity index is 1270. The molecule has 6 nitrogen and oxygen atoms in total. The van der Waals surface area contributed by atoms with Crippen molar-refractivity contribution < 1.29 is 18.3 Å². The molecule has 0 saturated heterocycles. The predicted molar refractivity (Wildman–Crippen MR) is 99.1 cm³/mol. The van der Waals surface area contributed by atoms with Gasteiger partial charge < -0.3 is 10.1 Å². The fourth-order valence-electron chi connectivity index (χ4n) is 3.02. The molecule has 2 N–H and O–H groups in total. The molecule has 26 heavy (non-hydrogen) atoms. The Morgan fingerprint density at radius 1 is 1.04 bits per heavy atom. The molecule has 0 saturated carbocycles. The minimum absolute atomic E-state index is 0.0653. The maximum Gasteiger partial charge on any atom is 0.354 e. The molecule has 130 valence electrons. The summed E-state index contributed by atoms with van der Waals surface area (Å²) >= 11 is 0. The topological polar surface area (TPSA) is 100 Å². The quantitative estimate of drug-likeness (QED) is 0.578. The van der Waals surface area contributed by atoms with E-state index in [1.807, 2.05) is 24.3 Å². The number of nitrogens with one attached hydrogen (secondary N) is 1. The second kappa shape index (κ2) is 5.67. The highest BCUT2D eigenvalue weighted by molar-refractivity contribution is 7.90. The van der Waals surface area contributed by atoms with Crippen LogP contribution < -0.4 is 0 Å². The molecule has 2 heterocycles. The van der Waals surface area contributed by atoms with Crippen LogP contribution >= 0.6 is 0 Å². The van der Waals surface area contributed by atoms with Gasteiger partial charge in [0.15, 0.2) is 9.84 Å². The van der Waals surface area contributed by atoms with Gasteiger partial charge in [-0.2, -0.15) is 0 Å². The number of aromatic carboxylic acids is 1. The molecule has 0 amide bonds. The lowest BCUT2D eigenvalue weighted by atomic mass is 10.1. The monoisotopic (exact) mass is 366 g/mol. The highest BCUT2D eigenvalue weighted by Crippen LogP contribution is 2.33. The zero-order chi connectivity index (χ0) is 18.5. The van der Waals surface area contributed by atoms with Crippen LogP contribution in [0.2, 0.25) is 0 Å². The number of pyridine rings is 1. The largest absolute Gasteiger partial charge is 0.477 e. The van der Waals surface area contributed by atoms with Crippen molar-refractivity contribution in [2.45, 2.75) is 4.90 Å². The number of carboxylic acid groups (broad SMARTS) is 1. The van der Waals surface area contributed by atoms with E-state index in [9.17, 15) is 18.3 Å². The highest BCUT2D eigenvalue weighted by atomic mass is 32.2. The minimum Gasteiger partial charge on any atom is -0.477 e. The molecule has 2 aromatic carbocycles. The molecule has 0 bridgehead atoms. The van der Waals surface area contributed by atoms with Crippen LogP contribution in [0.25, 0.3) is 33.1 Å². The van der Waals surface area contributed by atoms with Gasteiger partial charge in [0.25, 0.3) is 0 Å². The van der Waals surface area contributed by atoms with Crippen molar-refractivity contribution in [3.05, 3.63) is 60.3 Å². The molecule has 0 fully saturated rings. The Morgan fingerprint density at radius 3 is 2.38 bits per heavy atom. The first-order chi connectivity index (χ1) is 12.3. The number of aromatic amines is 1. The molecule has 0 radical (unpaired) electrons. The van der Waals surface area contributed by atoms with Crippen molar-refractivity contribution in [1.29, 1.82) is 0 Å². The van der Waals surface area contributed by atoms with Crippen LogP contribution in [-0.2, 0) is 9.84 Å². The van der Waals surface area contributed by atoms with Crippen LogP contribution in [0.3, 0.4) is 0 Å². The zero-order valence-electron chi connectivity index (χ0n) is 13.7. The molecule has 0 aliphatic heterocycles. The fraction of sp³-hybridized carbons (Fsp3) is 0.0526. The first-order valence-electron chi connectivity index (χ1n) is 7.80. The van der Waals surface area contributed by atoms with E-state index in [4.69, 9.17) is 0 Å². The predicted octanol–water partition coefficient (Wildman–Crippen LogP) is 3.48. The van der Waals surface area contributed by atoms with Gasteiger partial charge in [-0.25, -0.2) is 18.2 Å². The van der Waals surface area contributed by atoms with Gasteiger partial charge >= 0.3 is 5.97 Å². The van der Waals surface area contributed by atoms with Crippen LogP contribution in [0.4, 0.5) is 0 Å². The van der Waals surface area contributed by atoms with Gasteiger partial charge in [-0.1, -0.05) is 30.3 Å². The summed E-state index contributed by atoms with van der Waals surface area (Å²) in [5.41, 5.74) is 2.63. The van der Waals surface area contributed by atoms with E-state index < -0.39 is 15.8 Å². The summed E-state index contributed by atoms with van der Waals surface area (Å²) in [6, 6.07) is 15.4. The molecular formula is C19H14N2O4S. The van der Waals surface area contributed by atoms with E-state index in [0.717, 1.165) is 22.5 Å². The Balaban J connectivity index is 2.03. The van der Waals surface area contributed by atoms with Gasteiger partial charge in [0, 0.05) is 28.1 Å². The van der Waals surface area contributed by atoms with Gasteiger partial charge in [-0.3, -0.25) is 0 Å². The Morgan fingerprint density at radius 2 is 1.73 bits per heavy atom. The summed E-state index contributed by atoms with van der Waals surface area (Å²) in [6.07, 6.45) is 1.14. The van der Waals surface area contributed by atoms with Crippen LogP contribution in [0.15, 0.2) is 59.5 Å². The Labute approximate surface area is 149 Å². The third kappa shape index (κ3) is 2.62. The lowest BCUT2D eigenvalue weighted by Gasteiger charge is -2.06. The highest BCUT2D eigenvalue weighted by Gasteiger charge is 2.17. The van der Waals surface area contributed by atoms with Crippen molar-refractivity contribution in [2.75, 3.05) is 6.26 Å². The van der Waals surface area contributed by atoms with Crippen molar-refractivity contribution in [3.63, 3.8) is 0 Å². The maximum atomic E-state index is 11.7. The number of benzene rings is 2. The summed E-state index contributed by atoms with van der Waals surface area (Å²) in [7, 11) is -3.31. The summed E-state index contributed by atoms with van der Waals surface area (Å²) in [6.45, 7) is 0. The number of H-pyrrole nitrogens is 1. The summed E-state index contributed by atoms with van der Waals surface area (Å²) < 4.78 is 23.3. The molecule has 0 spiro atoms. The van der Waals surface area contributed by atoms with Crippen LogP contribution in [0.5, 0.6) is 0 Å². The molecule has 7 heteroatoms. The fourth-order valence-corrected chi connectivity index (χ4v) is 3.65. The number of fused-ring (bicyclic) bond motifs is 3. The first-order valence-corrected chi connectivity index (χ1v) is 9.69. The Kier molecular flexibility index (Phi) is 3.55. The minimum atomic E-state index is -3.31. The smallest absolute Gasteiger partial charge is 0.354 e. The standard InChI is InChI=1S/C19H14N2O4S/c1-26(24,25)12-8-6-11(7-9-12)17-18-14(10-16(21-17)19(22)23)13-4-2-3-5-15(13)20-18/h2-10,20H,1H3,(H,22,23). The lowest BCUT2D eigenvalue weighted by molar-refractivity contribution is 0.0691. The van der Waals surface area contributed by atoms with Crippen molar-refractivity contribution >= 4 is 37.6 Å². The number of sulfone groups is 1. The summed E-state index contributed by atoms with van der Waals surface area (Å²) in [5.74, 6) is -1.12. The molecule has 0 unspecified atom stereocenters. The average molecular weight is 366 g/mol. The molecule has 4 aromatic rings. The second-order valence-electron chi connectivity index (χ2n) is 6.05. The average Bonchev–Trinajstić information content (AvgIpc) is 2.99. The number of hydrogen-bond donors (Lipinski definition) is 2. The molecule has 4 rings (SSSR count). The number of carbonyl (C=O) groups is 1. The summed E-state index contributed by atoms with van der Waals surface area (Å²) in [4.78, 5) is 19.3. The van der Waals surface area contributed by atoms with Crippen molar-refractivity contribution in [3.8, 4) is 11.3 Å². The van der Waals surface area contributed by atoms with Gasteiger partial charge in [0.05, 0.1) is 16.1 Å². The van der Waals surface area contributed by atoms with E-state index in [1.54, 1.807) is 18.2 Å². The number of hydrogen-bond acceptors (Lipinski definition) is 4. The van der Waals surface area contributed by atoms with E-state index in [-0.39, 0.29) is 10.6 Å². The van der Waals surface area contributed by atoms with Gasteiger partial charge in [0.1, 0.15) is 5.69 Å². The van der Waals surface area contributed by atoms with Gasteiger partial charge in [-0.05, 0) is 24.3 Å². The first kappa shape index (κ1) is 16.3. The number of aromatic nitrogens is 2. The van der Waals surface area contributed by atoms with Gasteiger partial charge in [-0.15, -0.1) is 0 Å². The summed E-state index contributed by atoms with van der Waals surface area (Å²) in [5, 5.41) is 11.1. The second-order valence-corrected chi connectivity index (χ2v) is 8.07. The van der Waals surface area contributed by atoms with Crippen LogP contribution in [0, 0.1) is 0 Å². The molecule has 0 aliphatic rings. The molecule has 0 atom stereocenters. The zero-order valence-corrected chi connectivity index (χ0v) is 14.5. The van der Waals surface area contributed by atoms with E-state index in [2.05, 4.69) is 9.97 Å². The number of para-hydroxylation sites is 1. The molecule has 0 aliphatic carbocycles. The van der Waals surface area contributed by atoms with E-state index >= 15 is 0 Å². The van der Waals surface area contributed by atoms with Crippen molar-refractivity contribution in [1.82, 2.24) is 9.97 Å². The maximum absolute atomic E-state index is 11.7. The third-order valence-electron chi connectivity index (χ3n) is 4.27. The van der Waals surface area contributed by atoms with E-state index in [1.165, 1.54) is 12.1 Å². The number of rotatable bonds is 3. The molecule has 2 aromatic heterocycles. The number of nitrogens with zero attached hydrogens (tertiary/aromatic N) is 1. The SMILES string of the molecule is CS(=O)(=O)c1ccc(-c2nc(C(=O)O)cc3c2[nH]c2ccccc23)cc1. The van der Waals surface area contributed by atoms with Crippen LogP contribution in [0.1, 0.15) is 10.5 Å². The normalized spacial score (nSPS) is 11.9. The number of carboxylic acids is 1. The third-order valence-corrected chi connectivity index (χ3v) is 5.40. The molecular weight excluding hydrogens is 352 g/mol. The van der Waals surface area contributed by atoms with Gasteiger partial charge in [0.2, 0.25) is 0 Å². The van der Waals surface area contributed by atoms with Crippen LogP contribution in [-0.4, -0.2) is 35.7 Å². The Hall–Kier alpha value is -3.19.